The average Bonchev–Trinajstić information content (AvgIpc) is 3.17. The maximum absolute atomic E-state index is 13.7. The highest BCUT2D eigenvalue weighted by Crippen LogP contribution is 2.17. The molecule has 262 valence electrons. The highest BCUT2D eigenvalue weighted by molar-refractivity contribution is 5.95. The summed E-state index contributed by atoms with van der Waals surface area (Å²) < 4.78 is 31.7. The Balaban J connectivity index is 1.49. The number of hydrogen-bond acceptors (Lipinski definition) is 10. The first kappa shape index (κ1) is 36.8. The molecule has 0 aliphatic heterocycles. The lowest BCUT2D eigenvalue weighted by Crippen LogP contribution is -2.43. The molecule has 0 spiro atoms. The maximum Gasteiger partial charge on any atom is 0.338 e. The van der Waals surface area contributed by atoms with Crippen molar-refractivity contribution in [2.75, 3.05) is 67.8 Å². The molecule has 0 aliphatic carbocycles. The zero-order valence-corrected chi connectivity index (χ0v) is 28.5. The number of carbonyl (C=O) groups excluding carboxylic acids is 4. The highest BCUT2D eigenvalue weighted by atomic mass is 16.5. The fraction of sp³-hybridized carbons (Fsp3) is 0.263. The van der Waals surface area contributed by atoms with Crippen LogP contribution < -0.4 is 18.9 Å². The van der Waals surface area contributed by atoms with Crippen LogP contribution in [0.2, 0.25) is 0 Å². The largest absolute Gasteiger partial charge is 0.497 e. The standard InChI is InChI=1S/C38H40N2O10/c1-45-31-13-5-27(6-14-31)35(41)39(23-25-49-37(43)29-9-17-33(47-3)18-10-29)21-22-40(36(42)28-7-15-32(46-2)16-8-28)24-26-50-38(44)30-11-19-34(48-4)20-12-30/h5-20H,21-26H2,1-4H3. The van der Waals surface area contributed by atoms with Crippen molar-refractivity contribution in [1.82, 2.24) is 9.80 Å². The lowest BCUT2D eigenvalue weighted by Gasteiger charge is -2.28. The van der Waals surface area contributed by atoms with Crippen LogP contribution >= 0.6 is 0 Å². The topological polar surface area (TPSA) is 130 Å². The van der Waals surface area contributed by atoms with Crippen LogP contribution in [0.15, 0.2) is 97.1 Å². The lowest BCUT2D eigenvalue weighted by molar-refractivity contribution is 0.0388. The highest BCUT2D eigenvalue weighted by Gasteiger charge is 2.22. The van der Waals surface area contributed by atoms with Gasteiger partial charge in [-0.2, -0.15) is 0 Å². The first-order valence-electron chi connectivity index (χ1n) is 15.7. The van der Waals surface area contributed by atoms with Crippen molar-refractivity contribution in [1.29, 1.82) is 0 Å². The van der Waals surface area contributed by atoms with Gasteiger partial charge in [0, 0.05) is 24.2 Å². The number of amides is 2. The minimum atomic E-state index is -0.556. The van der Waals surface area contributed by atoms with Crippen molar-refractivity contribution in [2.45, 2.75) is 0 Å². The number of hydrogen-bond donors (Lipinski definition) is 0. The molecule has 0 atom stereocenters. The summed E-state index contributed by atoms with van der Waals surface area (Å²) in [5.41, 5.74) is 1.43. The molecule has 0 unspecified atom stereocenters. The predicted molar refractivity (Wildman–Crippen MR) is 184 cm³/mol. The third-order valence-corrected chi connectivity index (χ3v) is 7.73. The monoisotopic (exact) mass is 684 g/mol. The van der Waals surface area contributed by atoms with Crippen LogP contribution in [0, 0.1) is 0 Å². The number of esters is 2. The molecule has 2 amide bonds. The summed E-state index contributed by atoms with van der Waals surface area (Å²) in [7, 11) is 6.12. The minimum Gasteiger partial charge on any atom is -0.497 e. The third-order valence-electron chi connectivity index (χ3n) is 7.73. The summed E-state index contributed by atoms with van der Waals surface area (Å²) in [5.74, 6) is 0.582. The van der Waals surface area contributed by atoms with E-state index < -0.39 is 11.9 Å². The normalized spacial score (nSPS) is 10.4. The Kier molecular flexibility index (Phi) is 13.6. The van der Waals surface area contributed by atoms with Gasteiger partial charge in [-0.3, -0.25) is 9.59 Å². The second-order valence-electron chi connectivity index (χ2n) is 10.8. The van der Waals surface area contributed by atoms with E-state index in [4.69, 9.17) is 28.4 Å². The summed E-state index contributed by atoms with van der Waals surface area (Å²) in [6.45, 7) is 0.0589. The molecule has 0 saturated carbocycles. The van der Waals surface area contributed by atoms with Gasteiger partial charge in [0.2, 0.25) is 0 Å². The van der Waals surface area contributed by atoms with E-state index in [1.54, 1.807) is 97.1 Å². The molecule has 50 heavy (non-hydrogen) atoms. The molecule has 0 heterocycles. The zero-order valence-electron chi connectivity index (χ0n) is 28.5. The predicted octanol–water partition coefficient (Wildman–Crippen LogP) is 5.02. The van der Waals surface area contributed by atoms with E-state index in [-0.39, 0.29) is 51.2 Å². The van der Waals surface area contributed by atoms with E-state index in [0.717, 1.165) is 0 Å². The van der Waals surface area contributed by atoms with E-state index in [0.29, 0.717) is 45.3 Å². The second kappa shape index (κ2) is 18.5. The Morgan fingerprint density at radius 3 is 0.920 bits per heavy atom. The number of ether oxygens (including phenoxy) is 6. The summed E-state index contributed by atoms with van der Waals surface area (Å²) in [6, 6.07) is 26.2. The zero-order chi connectivity index (χ0) is 35.9. The Hall–Kier alpha value is -6.04. The van der Waals surface area contributed by atoms with E-state index in [1.807, 2.05) is 0 Å². The SMILES string of the molecule is COc1ccc(C(=O)OCCN(CCN(CCOC(=O)c2ccc(OC)cc2)C(=O)c2ccc(OC)cc2)C(=O)c2ccc(OC)cc2)cc1. The molecule has 0 N–H and O–H groups in total. The first-order chi connectivity index (χ1) is 24.3. The Labute approximate surface area is 291 Å². The van der Waals surface area contributed by atoms with Crippen molar-refractivity contribution in [3.8, 4) is 23.0 Å². The molecule has 0 aliphatic rings. The minimum absolute atomic E-state index is 0.0454. The Morgan fingerprint density at radius 2 is 0.660 bits per heavy atom. The number of benzene rings is 4. The Bertz CT molecular complexity index is 1580. The van der Waals surface area contributed by atoms with E-state index in [2.05, 4.69) is 0 Å². The van der Waals surface area contributed by atoms with Gasteiger partial charge in [0.05, 0.1) is 52.7 Å². The van der Waals surface area contributed by atoms with Crippen molar-refractivity contribution >= 4 is 23.8 Å². The number of rotatable bonds is 17. The van der Waals surface area contributed by atoms with Crippen LogP contribution in [-0.2, 0) is 9.47 Å². The molecule has 0 radical (unpaired) electrons. The molecular formula is C38H40N2O10. The Morgan fingerprint density at radius 1 is 0.400 bits per heavy atom. The number of carbonyl (C=O) groups is 4. The maximum atomic E-state index is 13.7. The van der Waals surface area contributed by atoms with Crippen LogP contribution in [0.25, 0.3) is 0 Å². The van der Waals surface area contributed by atoms with Crippen LogP contribution in [0.1, 0.15) is 41.4 Å². The van der Waals surface area contributed by atoms with Gasteiger partial charge < -0.3 is 38.2 Å². The van der Waals surface area contributed by atoms with E-state index in [9.17, 15) is 19.2 Å². The van der Waals surface area contributed by atoms with Crippen LogP contribution in [0.4, 0.5) is 0 Å². The molecule has 0 aromatic heterocycles. The summed E-state index contributed by atoms with van der Waals surface area (Å²) in [6.07, 6.45) is 0. The van der Waals surface area contributed by atoms with Gasteiger partial charge in [-0.15, -0.1) is 0 Å². The van der Waals surface area contributed by atoms with Crippen molar-refractivity contribution in [3.63, 3.8) is 0 Å². The van der Waals surface area contributed by atoms with Crippen LogP contribution in [0.5, 0.6) is 23.0 Å². The molecule has 4 rings (SSSR count). The third kappa shape index (κ3) is 10.2. The summed E-state index contributed by atoms with van der Waals surface area (Å²) in [4.78, 5) is 55.9. The van der Waals surface area contributed by atoms with E-state index >= 15 is 0 Å². The summed E-state index contributed by atoms with van der Waals surface area (Å²) >= 11 is 0. The van der Waals surface area contributed by atoms with Gasteiger partial charge in [0.15, 0.2) is 0 Å². The molecule has 4 aromatic rings. The van der Waals surface area contributed by atoms with Gasteiger partial charge in [-0.05, 0) is 97.1 Å². The fourth-order valence-corrected chi connectivity index (χ4v) is 4.82. The average molecular weight is 685 g/mol. The molecule has 4 aromatic carbocycles. The van der Waals surface area contributed by atoms with Gasteiger partial charge in [-0.1, -0.05) is 0 Å². The second-order valence-corrected chi connectivity index (χ2v) is 10.8. The van der Waals surface area contributed by atoms with Gasteiger partial charge >= 0.3 is 11.9 Å². The van der Waals surface area contributed by atoms with Crippen LogP contribution in [-0.4, -0.2) is 101 Å². The van der Waals surface area contributed by atoms with E-state index in [1.165, 1.54) is 38.2 Å². The number of nitrogens with zero attached hydrogens (tertiary/aromatic N) is 2. The van der Waals surface area contributed by atoms with Gasteiger partial charge in [-0.25, -0.2) is 9.59 Å². The smallest absolute Gasteiger partial charge is 0.338 e. The molecule has 0 saturated heterocycles. The quantitative estimate of drug-likeness (QED) is 0.140. The molecular weight excluding hydrogens is 644 g/mol. The number of methoxy groups -OCH3 is 4. The fourth-order valence-electron chi connectivity index (χ4n) is 4.82. The van der Waals surface area contributed by atoms with Gasteiger partial charge in [0.25, 0.3) is 11.8 Å². The van der Waals surface area contributed by atoms with Crippen LogP contribution in [0.3, 0.4) is 0 Å². The summed E-state index contributed by atoms with van der Waals surface area (Å²) in [5, 5.41) is 0. The molecule has 12 heteroatoms. The molecule has 0 bridgehead atoms. The van der Waals surface area contributed by atoms with Gasteiger partial charge in [0.1, 0.15) is 36.2 Å². The van der Waals surface area contributed by atoms with Crippen molar-refractivity contribution in [2.24, 2.45) is 0 Å². The van der Waals surface area contributed by atoms with Crippen molar-refractivity contribution in [3.05, 3.63) is 119 Å². The van der Waals surface area contributed by atoms with Crippen molar-refractivity contribution < 1.29 is 47.6 Å². The molecule has 12 nitrogen and oxygen atoms in total. The molecule has 0 fully saturated rings. The first-order valence-corrected chi connectivity index (χ1v) is 15.7. The lowest BCUT2D eigenvalue weighted by atomic mass is 10.1.